The molecule has 0 amide bonds. The minimum Gasteiger partial charge on any atom is -0.481 e. The first-order chi connectivity index (χ1) is 8.91. The Balaban J connectivity index is 2.51. The predicted molar refractivity (Wildman–Crippen MR) is 69.6 cm³/mol. The van der Waals surface area contributed by atoms with Gasteiger partial charge >= 0.3 is 5.97 Å². The van der Waals surface area contributed by atoms with Crippen LogP contribution in [0.15, 0.2) is 30.3 Å². The van der Waals surface area contributed by atoms with Gasteiger partial charge in [0.25, 0.3) is 0 Å². The van der Waals surface area contributed by atoms with Gasteiger partial charge in [-0.1, -0.05) is 37.3 Å². The SMILES string of the molecule is CCS(=O)(=O)[C@@H]1[C@H](c2ccccc2)[C@@]1(CO)C(=O)O. The lowest BCUT2D eigenvalue weighted by molar-refractivity contribution is -0.145. The molecular weight excluding hydrogens is 268 g/mol. The molecular formula is C13H16O5S. The number of aliphatic hydroxyl groups excluding tert-OH is 1. The third-order valence-electron chi connectivity index (χ3n) is 3.86. The summed E-state index contributed by atoms with van der Waals surface area (Å²) in [6, 6.07) is 8.63. The van der Waals surface area contributed by atoms with Gasteiger partial charge in [0, 0.05) is 11.7 Å². The summed E-state index contributed by atoms with van der Waals surface area (Å²) in [4.78, 5) is 11.4. The lowest BCUT2D eigenvalue weighted by atomic mass is 10.0. The molecule has 19 heavy (non-hydrogen) atoms. The van der Waals surface area contributed by atoms with E-state index >= 15 is 0 Å². The fourth-order valence-corrected chi connectivity index (χ4v) is 4.81. The van der Waals surface area contributed by atoms with Crippen molar-refractivity contribution in [2.24, 2.45) is 5.41 Å². The molecule has 0 spiro atoms. The zero-order valence-electron chi connectivity index (χ0n) is 10.5. The quantitative estimate of drug-likeness (QED) is 0.828. The topological polar surface area (TPSA) is 91.7 Å². The first kappa shape index (κ1) is 14.0. The van der Waals surface area contributed by atoms with Crippen LogP contribution >= 0.6 is 0 Å². The van der Waals surface area contributed by atoms with E-state index in [1.807, 2.05) is 0 Å². The van der Waals surface area contributed by atoms with Gasteiger partial charge in [-0.15, -0.1) is 0 Å². The number of carboxylic acids is 1. The molecule has 2 N–H and O–H groups in total. The van der Waals surface area contributed by atoms with Crippen molar-refractivity contribution >= 4 is 15.8 Å². The van der Waals surface area contributed by atoms with Crippen molar-refractivity contribution < 1.29 is 23.4 Å². The molecule has 0 unspecified atom stereocenters. The van der Waals surface area contributed by atoms with Crippen LogP contribution < -0.4 is 0 Å². The zero-order chi connectivity index (χ0) is 14.3. The monoisotopic (exact) mass is 284 g/mol. The van der Waals surface area contributed by atoms with Crippen LogP contribution in [-0.4, -0.2) is 42.2 Å². The van der Waals surface area contributed by atoms with Gasteiger partial charge in [-0.2, -0.15) is 0 Å². The minimum atomic E-state index is -3.53. The second-order valence-electron chi connectivity index (χ2n) is 4.76. The number of carboxylic acid groups (broad SMARTS) is 1. The van der Waals surface area contributed by atoms with Crippen LogP contribution in [0.2, 0.25) is 0 Å². The van der Waals surface area contributed by atoms with E-state index in [0.717, 1.165) is 0 Å². The van der Waals surface area contributed by atoms with Crippen molar-refractivity contribution in [3.05, 3.63) is 35.9 Å². The fourth-order valence-electron chi connectivity index (χ4n) is 2.76. The third-order valence-corrected chi connectivity index (χ3v) is 6.14. The number of benzene rings is 1. The predicted octanol–water partition coefficient (Wildman–Crippen LogP) is 0.650. The number of aliphatic hydroxyl groups is 1. The van der Waals surface area contributed by atoms with E-state index in [1.165, 1.54) is 6.92 Å². The Kier molecular flexibility index (Phi) is 3.40. The van der Waals surface area contributed by atoms with Crippen LogP contribution in [0.5, 0.6) is 0 Å². The van der Waals surface area contributed by atoms with E-state index in [9.17, 15) is 23.4 Å². The summed E-state index contributed by atoms with van der Waals surface area (Å²) in [7, 11) is -3.53. The summed E-state index contributed by atoms with van der Waals surface area (Å²) in [5.41, 5.74) is -0.961. The standard InChI is InChI=1S/C13H16O5S/c1-2-19(17,18)11-10(9-6-4-3-5-7-9)13(11,8-14)12(15)16/h3-7,10-11,14H,2,8H2,1H3,(H,15,16)/t10-,11+,13+/m0/s1. The van der Waals surface area contributed by atoms with Crippen molar-refractivity contribution in [3.8, 4) is 0 Å². The highest BCUT2D eigenvalue weighted by Gasteiger charge is 2.75. The zero-order valence-corrected chi connectivity index (χ0v) is 11.3. The molecule has 0 saturated heterocycles. The Morgan fingerprint density at radius 2 is 1.89 bits per heavy atom. The maximum Gasteiger partial charge on any atom is 0.314 e. The molecule has 1 saturated carbocycles. The Hall–Kier alpha value is -1.40. The highest BCUT2D eigenvalue weighted by molar-refractivity contribution is 7.92. The molecule has 0 radical (unpaired) electrons. The molecule has 1 aliphatic carbocycles. The number of hydrogen-bond donors (Lipinski definition) is 2. The van der Waals surface area contributed by atoms with Crippen LogP contribution in [0.3, 0.4) is 0 Å². The molecule has 0 aliphatic heterocycles. The summed E-state index contributed by atoms with van der Waals surface area (Å²) in [5, 5.41) is 17.7. The van der Waals surface area contributed by atoms with Gasteiger partial charge in [0.15, 0.2) is 9.84 Å². The molecule has 0 heterocycles. The van der Waals surface area contributed by atoms with Gasteiger partial charge in [-0.3, -0.25) is 4.79 Å². The van der Waals surface area contributed by atoms with Gasteiger partial charge < -0.3 is 10.2 Å². The van der Waals surface area contributed by atoms with E-state index in [2.05, 4.69) is 0 Å². The molecule has 6 heteroatoms. The van der Waals surface area contributed by atoms with Crippen LogP contribution in [0, 0.1) is 5.41 Å². The van der Waals surface area contributed by atoms with Gasteiger partial charge in [0.05, 0.1) is 11.9 Å². The molecule has 1 aromatic carbocycles. The van der Waals surface area contributed by atoms with E-state index < -0.39 is 39.0 Å². The van der Waals surface area contributed by atoms with Crippen molar-refractivity contribution in [1.82, 2.24) is 0 Å². The van der Waals surface area contributed by atoms with E-state index in [-0.39, 0.29) is 5.75 Å². The highest BCUT2D eigenvalue weighted by atomic mass is 32.2. The van der Waals surface area contributed by atoms with E-state index in [1.54, 1.807) is 30.3 Å². The van der Waals surface area contributed by atoms with Gasteiger partial charge in [-0.25, -0.2) is 8.42 Å². The maximum atomic E-state index is 12.0. The summed E-state index contributed by atoms with van der Waals surface area (Å²) in [6.07, 6.45) is 0. The number of hydrogen-bond acceptors (Lipinski definition) is 4. The van der Waals surface area contributed by atoms with Crippen molar-refractivity contribution in [2.45, 2.75) is 18.1 Å². The van der Waals surface area contributed by atoms with Crippen molar-refractivity contribution in [1.29, 1.82) is 0 Å². The normalized spacial score (nSPS) is 30.0. The number of sulfone groups is 1. The third kappa shape index (κ3) is 1.95. The van der Waals surface area contributed by atoms with Crippen LogP contribution in [0.4, 0.5) is 0 Å². The second-order valence-corrected chi connectivity index (χ2v) is 7.18. The fraction of sp³-hybridized carbons (Fsp3) is 0.462. The first-order valence-corrected chi connectivity index (χ1v) is 7.74. The second kappa shape index (κ2) is 4.61. The average Bonchev–Trinajstić information content (AvgIpc) is 3.11. The molecule has 0 aromatic heterocycles. The molecule has 1 aliphatic rings. The van der Waals surface area contributed by atoms with Crippen molar-refractivity contribution in [3.63, 3.8) is 0 Å². The van der Waals surface area contributed by atoms with Gasteiger partial charge in [0.1, 0.15) is 5.41 Å². The summed E-state index contributed by atoms with van der Waals surface area (Å²) < 4.78 is 24.1. The van der Waals surface area contributed by atoms with E-state index in [4.69, 9.17) is 0 Å². The lowest BCUT2D eigenvalue weighted by Crippen LogP contribution is -2.28. The Morgan fingerprint density at radius 3 is 2.32 bits per heavy atom. The number of rotatable bonds is 5. The van der Waals surface area contributed by atoms with Crippen LogP contribution in [0.25, 0.3) is 0 Å². The van der Waals surface area contributed by atoms with Crippen molar-refractivity contribution in [2.75, 3.05) is 12.4 Å². The molecule has 2 rings (SSSR count). The Labute approximate surface area is 111 Å². The molecule has 104 valence electrons. The highest BCUT2D eigenvalue weighted by Crippen LogP contribution is 2.63. The summed E-state index contributed by atoms with van der Waals surface area (Å²) >= 11 is 0. The molecule has 3 atom stereocenters. The number of carbonyl (C=O) groups is 1. The smallest absolute Gasteiger partial charge is 0.314 e. The van der Waals surface area contributed by atoms with E-state index in [0.29, 0.717) is 5.56 Å². The van der Waals surface area contributed by atoms with Crippen LogP contribution in [0.1, 0.15) is 18.4 Å². The van der Waals surface area contributed by atoms with Gasteiger partial charge in [-0.05, 0) is 5.56 Å². The Morgan fingerprint density at radius 1 is 1.32 bits per heavy atom. The summed E-state index contributed by atoms with van der Waals surface area (Å²) in [5.74, 6) is -2.07. The summed E-state index contributed by atoms with van der Waals surface area (Å²) in [6.45, 7) is 0.811. The van der Waals surface area contributed by atoms with Gasteiger partial charge in [0.2, 0.25) is 0 Å². The first-order valence-electron chi connectivity index (χ1n) is 6.02. The maximum absolute atomic E-state index is 12.0. The number of aliphatic carboxylic acids is 1. The molecule has 1 fully saturated rings. The molecule has 1 aromatic rings. The van der Waals surface area contributed by atoms with Crippen LogP contribution in [-0.2, 0) is 14.6 Å². The Bertz CT molecular complexity index is 580. The lowest BCUT2D eigenvalue weighted by Gasteiger charge is -2.08. The molecule has 0 bridgehead atoms. The molecule has 5 nitrogen and oxygen atoms in total. The minimum absolute atomic E-state index is 0.129. The average molecular weight is 284 g/mol. The largest absolute Gasteiger partial charge is 0.481 e.